The number of cyclic esters (lactones) is 1. The van der Waals surface area contributed by atoms with Crippen molar-refractivity contribution in [3.63, 3.8) is 0 Å². The molecule has 2 rings (SSSR count). The fourth-order valence-corrected chi connectivity index (χ4v) is 3.50. The SMILES string of the molecule is CCC([C-]=O)[C@]1(C)OC(=O)[C-]1[C@@H](N)C1CCCCC1.[K+]. The van der Waals surface area contributed by atoms with Crippen LogP contribution in [-0.4, -0.2) is 23.9 Å². The van der Waals surface area contributed by atoms with Gasteiger partial charge in [0.2, 0.25) is 0 Å². The van der Waals surface area contributed by atoms with Gasteiger partial charge in [-0.25, -0.2) is 5.92 Å². The summed E-state index contributed by atoms with van der Waals surface area (Å²) in [6.07, 6.45) is 8.33. The van der Waals surface area contributed by atoms with E-state index in [-0.39, 0.29) is 63.4 Å². The molecule has 1 unspecified atom stereocenters. The fraction of sp³-hybridized carbons (Fsp3) is 0.800. The summed E-state index contributed by atoms with van der Waals surface area (Å²) >= 11 is 0. The first kappa shape index (κ1) is 18.7. The average Bonchev–Trinajstić information content (AvgIpc) is 2.40. The van der Waals surface area contributed by atoms with Crippen molar-refractivity contribution in [3.05, 3.63) is 5.92 Å². The van der Waals surface area contributed by atoms with Crippen molar-refractivity contribution < 1.29 is 65.7 Å². The summed E-state index contributed by atoms with van der Waals surface area (Å²) in [4.78, 5) is 22.9. The zero-order valence-corrected chi connectivity index (χ0v) is 15.9. The molecule has 2 fully saturated rings. The molecule has 0 aromatic carbocycles. The van der Waals surface area contributed by atoms with Crippen LogP contribution in [-0.2, 0) is 14.3 Å². The first-order chi connectivity index (χ1) is 9.04. The third kappa shape index (κ3) is 3.33. The van der Waals surface area contributed by atoms with Crippen molar-refractivity contribution in [1.82, 2.24) is 0 Å². The van der Waals surface area contributed by atoms with Gasteiger partial charge in [0.1, 0.15) is 0 Å². The molecular weight excluding hydrogens is 281 g/mol. The number of nitrogens with two attached hydrogens (primary N) is 1. The molecule has 0 bridgehead atoms. The predicted molar refractivity (Wildman–Crippen MR) is 71.8 cm³/mol. The van der Waals surface area contributed by atoms with Gasteiger partial charge in [0.05, 0.1) is 0 Å². The maximum absolute atomic E-state index is 11.8. The van der Waals surface area contributed by atoms with Crippen LogP contribution in [0.3, 0.4) is 0 Å². The van der Waals surface area contributed by atoms with Gasteiger partial charge in [-0.3, -0.25) is 11.1 Å². The number of rotatable bonds is 5. The van der Waals surface area contributed by atoms with Crippen LogP contribution in [0.4, 0.5) is 0 Å². The van der Waals surface area contributed by atoms with Crippen molar-refractivity contribution in [3.8, 4) is 0 Å². The van der Waals surface area contributed by atoms with E-state index in [0.29, 0.717) is 18.3 Å². The smallest absolute Gasteiger partial charge is 0.541 e. The number of carbonyl (C=O) groups excluding carboxylic acids is 2. The zero-order chi connectivity index (χ0) is 14.0. The molecule has 0 radical (unpaired) electrons. The van der Waals surface area contributed by atoms with Crippen LogP contribution in [0, 0.1) is 17.8 Å². The van der Waals surface area contributed by atoms with Crippen LogP contribution in [0.1, 0.15) is 52.4 Å². The van der Waals surface area contributed by atoms with Gasteiger partial charge in [-0.05, 0) is 5.60 Å². The Labute approximate surface area is 164 Å². The van der Waals surface area contributed by atoms with Crippen molar-refractivity contribution in [2.45, 2.75) is 64.0 Å². The van der Waals surface area contributed by atoms with Crippen molar-refractivity contribution in [2.75, 3.05) is 0 Å². The molecule has 0 spiro atoms. The summed E-state index contributed by atoms with van der Waals surface area (Å²) < 4.78 is 5.28. The molecule has 2 N–H and O–H groups in total. The Morgan fingerprint density at radius 2 is 2.05 bits per heavy atom. The largest absolute Gasteiger partial charge is 1.00 e. The monoisotopic (exact) mass is 304 g/mol. The minimum Gasteiger partial charge on any atom is -0.541 e. The van der Waals surface area contributed by atoms with Gasteiger partial charge in [-0.2, -0.15) is 0 Å². The predicted octanol–water partition coefficient (Wildman–Crippen LogP) is -1.08. The van der Waals surface area contributed by atoms with Crippen molar-refractivity contribution in [1.29, 1.82) is 0 Å². The van der Waals surface area contributed by atoms with Crippen LogP contribution in [0.2, 0.25) is 0 Å². The van der Waals surface area contributed by atoms with Crippen LogP contribution >= 0.6 is 0 Å². The Balaban J connectivity index is 0.00000200. The molecular formula is C15H23KNO3-. The maximum atomic E-state index is 11.8. The van der Waals surface area contributed by atoms with Gasteiger partial charge in [0.15, 0.2) is 5.97 Å². The van der Waals surface area contributed by atoms with Gasteiger partial charge in [0, 0.05) is 0 Å². The molecule has 0 aromatic heterocycles. The second-order valence-electron chi connectivity index (χ2n) is 5.91. The summed E-state index contributed by atoms with van der Waals surface area (Å²) in [5.41, 5.74) is 5.47. The minimum absolute atomic E-state index is 0. The molecule has 1 aliphatic heterocycles. The van der Waals surface area contributed by atoms with E-state index in [1.54, 1.807) is 6.92 Å². The van der Waals surface area contributed by atoms with Gasteiger partial charge < -0.3 is 15.3 Å². The van der Waals surface area contributed by atoms with Gasteiger partial charge in [-0.1, -0.05) is 64.3 Å². The Morgan fingerprint density at radius 1 is 1.45 bits per heavy atom. The van der Waals surface area contributed by atoms with E-state index in [4.69, 9.17) is 10.5 Å². The molecule has 1 aliphatic carbocycles. The summed E-state index contributed by atoms with van der Waals surface area (Å²) in [7, 11) is 0. The topological polar surface area (TPSA) is 69.4 Å². The number of esters is 1. The second kappa shape index (κ2) is 7.74. The molecule has 0 amide bonds. The van der Waals surface area contributed by atoms with E-state index in [9.17, 15) is 9.59 Å². The normalized spacial score (nSPS) is 29.8. The van der Waals surface area contributed by atoms with E-state index in [2.05, 4.69) is 0 Å². The van der Waals surface area contributed by atoms with Crippen LogP contribution < -0.4 is 57.1 Å². The van der Waals surface area contributed by atoms with E-state index in [1.807, 2.05) is 13.2 Å². The van der Waals surface area contributed by atoms with Gasteiger partial charge >= 0.3 is 51.4 Å². The van der Waals surface area contributed by atoms with Crippen molar-refractivity contribution >= 4 is 12.3 Å². The van der Waals surface area contributed by atoms with Crippen LogP contribution in [0.25, 0.3) is 0 Å². The standard InChI is InChI=1S/C15H23NO3.K/c1-3-11(9-17)15(2)12(14(18)19-15)13(16)10-7-5-4-6-8-10;/h10-11,13H,3-8,16H2,1-2H3;/q-2;+1/t11?,13-,15-;/m0./s1. The Bertz CT molecular complexity index is 357. The molecule has 5 heteroatoms. The number of carbonyl (C=O) groups is 1. The minimum atomic E-state index is -0.829. The molecule has 3 atom stereocenters. The zero-order valence-electron chi connectivity index (χ0n) is 12.8. The number of hydrogen-bond donors (Lipinski definition) is 1. The first-order valence-electron chi connectivity index (χ1n) is 7.28. The van der Waals surface area contributed by atoms with E-state index < -0.39 is 11.5 Å². The van der Waals surface area contributed by atoms with Crippen molar-refractivity contribution in [2.24, 2.45) is 17.6 Å². The second-order valence-corrected chi connectivity index (χ2v) is 5.91. The fourth-order valence-electron chi connectivity index (χ4n) is 3.50. The Hall–Kier alpha value is 0.606. The number of hydrogen-bond acceptors (Lipinski definition) is 4. The summed E-state index contributed by atoms with van der Waals surface area (Å²) in [6, 6.07) is -0.269. The maximum Gasteiger partial charge on any atom is 1.00 e. The third-order valence-electron chi connectivity index (χ3n) is 4.77. The third-order valence-corrected chi connectivity index (χ3v) is 4.77. The first-order valence-corrected chi connectivity index (χ1v) is 7.28. The summed E-state index contributed by atoms with van der Waals surface area (Å²) in [5.74, 6) is 0.221. The average molecular weight is 304 g/mol. The molecule has 0 aromatic rings. The molecule has 1 saturated heterocycles. The number of ether oxygens (including phenoxy) is 1. The summed E-state index contributed by atoms with van der Waals surface area (Å²) in [6.45, 7) is 3.70. The Morgan fingerprint density at radius 3 is 2.50 bits per heavy atom. The van der Waals surface area contributed by atoms with Gasteiger partial charge in [-0.15, -0.1) is 5.92 Å². The van der Waals surface area contributed by atoms with E-state index in [1.165, 1.54) is 19.3 Å². The van der Waals surface area contributed by atoms with Crippen LogP contribution in [0.15, 0.2) is 0 Å². The molecule has 1 saturated carbocycles. The molecule has 1 heterocycles. The van der Waals surface area contributed by atoms with Gasteiger partial charge in [0.25, 0.3) is 0 Å². The molecule has 4 nitrogen and oxygen atoms in total. The Kier molecular flexibility index (Phi) is 7.22. The summed E-state index contributed by atoms with van der Waals surface area (Å²) in [5, 5.41) is 0. The van der Waals surface area contributed by atoms with Crippen LogP contribution in [0.5, 0.6) is 0 Å². The molecule has 20 heavy (non-hydrogen) atoms. The van der Waals surface area contributed by atoms with E-state index >= 15 is 0 Å². The van der Waals surface area contributed by atoms with E-state index in [0.717, 1.165) is 12.8 Å². The molecule has 108 valence electrons. The molecule has 2 aliphatic rings. The quantitative estimate of drug-likeness (QED) is 0.399.